The van der Waals surface area contributed by atoms with Gasteiger partial charge >= 0.3 is 0 Å². The highest BCUT2D eigenvalue weighted by atomic mass is 127. The molecular formula is C14H11BrFIO. The molecular weight excluding hydrogens is 410 g/mol. The minimum absolute atomic E-state index is 0.337. The highest BCUT2D eigenvalue weighted by molar-refractivity contribution is 14.1. The third-order valence-electron chi connectivity index (χ3n) is 2.79. The Balaban J connectivity index is 2.50. The summed E-state index contributed by atoms with van der Waals surface area (Å²) in [5, 5.41) is 10.4. The molecule has 0 radical (unpaired) electrons. The maximum Gasteiger partial charge on any atom is 0.123 e. The van der Waals surface area contributed by atoms with Crippen LogP contribution in [0.2, 0.25) is 0 Å². The van der Waals surface area contributed by atoms with Gasteiger partial charge in [0.05, 0.1) is 0 Å². The van der Waals surface area contributed by atoms with Crippen molar-refractivity contribution in [3.05, 3.63) is 66.9 Å². The van der Waals surface area contributed by atoms with E-state index in [-0.39, 0.29) is 5.82 Å². The number of hydrogen-bond donors (Lipinski definition) is 1. The van der Waals surface area contributed by atoms with Crippen LogP contribution in [0.1, 0.15) is 22.8 Å². The van der Waals surface area contributed by atoms with Crippen molar-refractivity contribution in [1.82, 2.24) is 0 Å². The van der Waals surface area contributed by atoms with Crippen LogP contribution in [0.15, 0.2) is 40.9 Å². The second kappa shape index (κ2) is 5.67. The fourth-order valence-electron chi connectivity index (χ4n) is 1.80. The molecule has 0 aromatic heterocycles. The molecule has 0 fully saturated rings. The molecule has 0 amide bonds. The van der Waals surface area contributed by atoms with Crippen LogP contribution in [0.5, 0.6) is 0 Å². The molecule has 18 heavy (non-hydrogen) atoms. The van der Waals surface area contributed by atoms with Crippen molar-refractivity contribution in [3.63, 3.8) is 0 Å². The van der Waals surface area contributed by atoms with Crippen LogP contribution < -0.4 is 0 Å². The average Bonchev–Trinajstić information content (AvgIpc) is 2.34. The first-order chi connectivity index (χ1) is 8.49. The Bertz CT molecular complexity index is 535. The van der Waals surface area contributed by atoms with Gasteiger partial charge in [0.1, 0.15) is 11.9 Å². The standard InChI is InChI=1S/C14H11BrFIO/c1-8-2-3-9(16)6-11(8)14(18)12-7-10(17)4-5-13(12)15/h2-7,14,18H,1H3. The van der Waals surface area contributed by atoms with E-state index in [4.69, 9.17) is 0 Å². The summed E-state index contributed by atoms with van der Waals surface area (Å²) in [7, 11) is 0. The molecule has 0 spiro atoms. The minimum Gasteiger partial charge on any atom is -0.384 e. The molecule has 0 saturated heterocycles. The number of aliphatic hydroxyl groups excluding tert-OH is 1. The Hall–Kier alpha value is -0.460. The van der Waals surface area contributed by atoms with Gasteiger partial charge < -0.3 is 5.11 Å². The topological polar surface area (TPSA) is 20.2 Å². The summed E-state index contributed by atoms with van der Waals surface area (Å²) < 4.78 is 15.1. The van der Waals surface area contributed by atoms with Gasteiger partial charge in [0.15, 0.2) is 0 Å². The summed E-state index contributed by atoms with van der Waals surface area (Å²) in [4.78, 5) is 0. The molecule has 0 saturated carbocycles. The summed E-state index contributed by atoms with van der Waals surface area (Å²) in [5.41, 5.74) is 2.21. The van der Waals surface area contributed by atoms with Gasteiger partial charge in [-0.05, 0) is 71.0 Å². The van der Waals surface area contributed by atoms with Crippen LogP contribution in [0.3, 0.4) is 0 Å². The van der Waals surface area contributed by atoms with Crippen LogP contribution in [0.25, 0.3) is 0 Å². The van der Waals surface area contributed by atoms with Crippen molar-refractivity contribution in [3.8, 4) is 0 Å². The Labute approximate surface area is 127 Å². The van der Waals surface area contributed by atoms with Gasteiger partial charge in [-0.1, -0.05) is 22.0 Å². The van der Waals surface area contributed by atoms with Crippen molar-refractivity contribution >= 4 is 38.5 Å². The molecule has 2 aromatic rings. The molecule has 1 unspecified atom stereocenters. The van der Waals surface area contributed by atoms with Gasteiger partial charge in [-0.25, -0.2) is 4.39 Å². The van der Waals surface area contributed by atoms with Crippen LogP contribution in [0.4, 0.5) is 4.39 Å². The lowest BCUT2D eigenvalue weighted by Gasteiger charge is -2.16. The molecule has 0 bridgehead atoms. The second-order valence-corrected chi connectivity index (χ2v) is 6.17. The third-order valence-corrected chi connectivity index (χ3v) is 4.18. The molecule has 4 heteroatoms. The van der Waals surface area contributed by atoms with E-state index in [1.54, 1.807) is 6.07 Å². The molecule has 1 nitrogen and oxygen atoms in total. The fraction of sp³-hybridized carbons (Fsp3) is 0.143. The van der Waals surface area contributed by atoms with E-state index >= 15 is 0 Å². The van der Waals surface area contributed by atoms with E-state index in [9.17, 15) is 9.50 Å². The Kier molecular flexibility index (Phi) is 4.40. The molecule has 94 valence electrons. The van der Waals surface area contributed by atoms with Gasteiger partial charge in [0.25, 0.3) is 0 Å². The SMILES string of the molecule is Cc1ccc(F)cc1C(O)c1cc(I)ccc1Br. The second-order valence-electron chi connectivity index (χ2n) is 4.07. The molecule has 1 N–H and O–H groups in total. The van der Waals surface area contributed by atoms with Crippen LogP contribution in [-0.2, 0) is 0 Å². The number of hydrogen-bond acceptors (Lipinski definition) is 1. The Morgan fingerprint density at radius 3 is 2.61 bits per heavy atom. The average molecular weight is 421 g/mol. The lowest BCUT2D eigenvalue weighted by Crippen LogP contribution is -2.04. The zero-order valence-corrected chi connectivity index (χ0v) is 13.4. The summed E-state index contributed by atoms with van der Waals surface area (Å²) in [6.45, 7) is 1.86. The predicted octanol–water partition coefficient (Wildman–Crippen LogP) is 4.58. The Morgan fingerprint density at radius 1 is 1.17 bits per heavy atom. The third kappa shape index (κ3) is 2.92. The monoisotopic (exact) mass is 420 g/mol. The smallest absolute Gasteiger partial charge is 0.123 e. The first kappa shape index (κ1) is 14.0. The largest absolute Gasteiger partial charge is 0.384 e. The summed E-state index contributed by atoms with van der Waals surface area (Å²) >= 11 is 5.60. The zero-order valence-electron chi connectivity index (χ0n) is 9.62. The van der Waals surface area contributed by atoms with Crippen LogP contribution >= 0.6 is 38.5 Å². The Morgan fingerprint density at radius 2 is 1.89 bits per heavy atom. The van der Waals surface area contributed by atoms with Crippen molar-refractivity contribution in [2.24, 2.45) is 0 Å². The highest BCUT2D eigenvalue weighted by Crippen LogP contribution is 2.31. The first-order valence-electron chi connectivity index (χ1n) is 5.38. The normalized spacial score (nSPS) is 12.5. The zero-order chi connectivity index (χ0) is 13.3. The van der Waals surface area contributed by atoms with Crippen molar-refractivity contribution in [1.29, 1.82) is 0 Å². The van der Waals surface area contributed by atoms with Crippen LogP contribution in [0, 0.1) is 16.3 Å². The highest BCUT2D eigenvalue weighted by Gasteiger charge is 2.16. The van der Waals surface area contributed by atoms with E-state index in [2.05, 4.69) is 38.5 Å². The number of aryl methyl sites for hydroxylation is 1. The molecule has 2 rings (SSSR count). The lowest BCUT2D eigenvalue weighted by atomic mass is 9.97. The van der Waals surface area contributed by atoms with Crippen molar-refractivity contribution < 1.29 is 9.50 Å². The molecule has 2 aromatic carbocycles. The van der Waals surface area contributed by atoms with E-state index in [0.29, 0.717) is 5.56 Å². The molecule has 0 aliphatic carbocycles. The number of benzene rings is 2. The predicted molar refractivity (Wildman–Crippen MR) is 82.1 cm³/mol. The quantitative estimate of drug-likeness (QED) is 0.705. The lowest BCUT2D eigenvalue weighted by molar-refractivity contribution is 0.218. The summed E-state index contributed by atoms with van der Waals surface area (Å²) in [6, 6.07) is 10.2. The number of rotatable bonds is 2. The molecule has 0 aliphatic rings. The number of halogens is 3. The summed E-state index contributed by atoms with van der Waals surface area (Å²) in [6.07, 6.45) is -0.829. The van der Waals surface area contributed by atoms with Crippen molar-refractivity contribution in [2.75, 3.05) is 0 Å². The van der Waals surface area contributed by atoms with E-state index in [1.807, 2.05) is 25.1 Å². The maximum atomic E-state index is 13.3. The van der Waals surface area contributed by atoms with Gasteiger partial charge in [0.2, 0.25) is 0 Å². The molecule has 0 aliphatic heterocycles. The molecule has 0 heterocycles. The van der Waals surface area contributed by atoms with Gasteiger partial charge in [0, 0.05) is 13.6 Å². The van der Waals surface area contributed by atoms with E-state index in [0.717, 1.165) is 19.2 Å². The van der Waals surface area contributed by atoms with Crippen LogP contribution in [-0.4, -0.2) is 5.11 Å². The van der Waals surface area contributed by atoms with Gasteiger partial charge in [-0.2, -0.15) is 0 Å². The molecule has 1 atom stereocenters. The fourth-order valence-corrected chi connectivity index (χ4v) is 2.78. The van der Waals surface area contributed by atoms with Gasteiger partial charge in [-0.3, -0.25) is 0 Å². The summed E-state index contributed by atoms with van der Waals surface area (Å²) in [5.74, 6) is -0.337. The maximum absolute atomic E-state index is 13.3. The van der Waals surface area contributed by atoms with Crippen molar-refractivity contribution in [2.45, 2.75) is 13.0 Å². The number of aliphatic hydroxyl groups is 1. The first-order valence-corrected chi connectivity index (χ1v) is 7.25. The van der Waals surface area contributed by atoms with Gasteiger partial charge in [-0.15, -0.1) is 0 Å². The van der Waals surface area contributed by atoms with E-state index in [1.165, 1.54) is 12.1 Å². The minimum atomic E-state index is -0.829. The van der Waals surface area contributed by atoms with E-state index < -0.39 is 6.10 Å².